The molecule has 0 saturated heterocycles. The molecule has 0 aromatic carbocycles. The third-order valence-electron chi connectivity index (χ3n) is 3.71. The Bertz CT molecular complexity index is 621. The van der Waals surface area contributed by atoms with Crippen molar-refractivity contribution >= 4 is 5.78 Å². The van der Waals surface area contributed by atoms with Crippen molar-refractivity contribution in [3.05, 3.63) is 29.8 Å². The SMILES string of the molecule is Cc1ccnc(-c2noc(CC3CCCCC3=O)n2)c1. The number of rotatable bonds is 3. The molecule has 0 N–H and O–H groups in total. The van der Waals surface area contributed by atoms with E-state index in [1.54, 1.807) is 6.20 Å². The summed E-state index contributed by atoms with van der Waals surface area (Å²) in [6.45, 7) is 1.99. The summed E-state index contributed by atoms with van der Waals surface area (Å²) in [5.41, 5.74) is 1.80. The van der Waals surface area contributed by atoms with Crippen molar-refractivity contribution in [1.29, 1.82) is 0 Å². The predicted molar refractivity (Wildman–Crippen MR) is 72.9 cm³/mol. The van der Waals surface area contributed by atoms with Crippen LogP contribution in [0.5, 0.6) is 0 Å². The lowest BCUT2D eigenvalue weighted by atomic mass is 9.86. The first-order chi connectivity index (χ1) is 9.72. The lowest BCUT2D eigenvalue weighted by molar-refractivity contribution is -0.124. The monoisotopic (exact) mass is 271 g/mol. The Morgan fingerprint density at radius 1 is 1.40 bits per heavy atom. The van der Waals surface area contributed by atoms with E-state index in [-0.39, 0.29) is 5.92 Å². The van der Waals surface area contributed by atoms with Crippen LogP contribution < -0.4 is 0 Å². The minimum Gasteiger partial charge on any atom is -0.339 e. The molecule has 1 atom stereocenters. The fourth-order valence-electron chi connectivity index (χ4n) is 2.58. The van der Waals surface area contributed by atoms with Gasteiger partial charge in [-0.05, 0) is 37.5 Å². The van der Waals surface area contributed by atoms with E-state index in [2.05, 4.69) is 15.1 Å². The molecule has 0 amide bonds. The van der Waals surface area contributed by atoms with Crippen molar-refractivity contribution in [1.82, 2.24) is 15.1 Å². The molecule has 104 valence electrons. The Balaban J connectivity index is 1.75. The van der Waals surface area contributed by atoms with Gasteiger partial charge in [-0.15, -0.1) is 0 Å². The molecule has 20 heavy (non-hydrogen) atoms. The first-order valence-electron chi connectivity index (χ1n) is 7.01. The molecule has 1 fully saturated rings. The topological polar surface area (TPSA) is 68.9 Å². The highest BCUT2D eigenvalue weighted by Crippen LogP contribution is 2.24. The minimum absolute atomic E-state index is 0.0440. The standard InChI is InChI=1S/C15H17N3O2/c1-10-6-7-16-12(8-10)15-17-14(20-18-15)9-11-4-2-3-5-13(11)19/h6-8,11H,2-5,9H2,1H3. The van der Waals surface area contributed by atoms with E-state index >= 15 is 0 Å². The number of nitrogens with zero attached hydrogens (tertiary/aromatic N) is 3. The number of pyridine rings is 1. The number of aryl methyl sites for hydroxylation is 1. The van der Waals surface area contributed by atoms with E-state index in [9.17, 15) is 4.79 Å². The Kier molecular flexibility index (Phi) is 3.58. The van der Waals surface area contributed by atoms with Gasteiger partial charge in [0, 0.05) is 25.0 Å². The van der Waals surface area contributed by atoms with E-state index < -0.39 is 0 Å². The summed E-state index contributed by atoms with van der Waals surface area (Å²) >= 11 is 0. The summed E-state index contributed by atoms with van der Waals surface area (Å²) in [4.78, 5) is 20.4. The second kappa shape index (κ2) is 5.53. The summed E-state index contributed by atoms with van der Waals surface area (Å²) in [5, 5.41) is 3.96. The molecule has 1 aliphatic carbocycles. The number of hydrogen-bond acceptors (Lipinski definition) is 5. The smallest absolute Gasteiger partial charge is 0.227 e. The molecule has 2 aromatic rings. The van der Waals surface area contributed by atoms with Crippen molar-refractivity contribution in [2.45, 2.75) is 39.0 Å². The normalized spacial score (nSPS) is 19.2. The number of carbonyl (C=O) groups excluding carboxylic acids is 1. The van der Waals surface area contributed by atoms with Gasteiger partial charge in [-0.1, -0.05) is 11.6 Å². The molecule has 5 nitrogen and oxygen atoms in total. The van der Waals surface area contributed by atoms with Gasteiger partial charge in [-0.25, -0.2) is 0 Å². The van der Waals surface area contributed by atoms with Crippen LogP contribution in [0.1, 0.15) is 37.1 Å². The zero-order chi connectivity index (χ0) is 13.9. The second-order valence-electron chi connectivity index (χ2n) is 5.34. The molecular weight excluding hydrogens is 254 g/mol. The quantitative estimate of drug-likeness (QED) is 0.858. The van der Waals surface area contributed by atoms with Gasteiger partial charge < -0.3 is 4.52 Å². The van der Waals surface area contributed by atoms with Crippen LogP contribution in [0, 0.1) is 12.8 Å². The van der Waals surface area contributed by atoms with Gasteiger partial charge in [0.1, 0.15) is 11.5 Å². The van der Waals surface area contributed by atoms with Gasteiger partial charge in [0.25, 0.3) is 0 Å². The highest BCUT2D eigenvalue weighted by molar-refractivity contribution is 5.81. The molecule has 2 heterocycles. The van der Waals surface area contributed by atoms with E-state index in [0.29, 0.717) is 36.0 Å². The summed E-state index contributed by atoms with van der Waals surface area (Å²) in [6, 6.07) is 3.84. The highest BCUT2D eigenvalue weighted by atomic mass is 16.5. The second-order valence-corrected chi connectivity index (χ2v) is 5.34. The fourth-order valence-corrected chi connectivity index (χ4v) is 2.58. The van der Waals surface area contributed by atoms with E-state index in [1.165, 1.54) is 0 Å². The van der Waals surface area contributed by atoms with Gasteiger partial charge >= 0.3 is 0 Å². The molecule has 1 unspecified atom stereocenters. The van der Waals surface area contributed by atoms with Crippen LogP contribution in [0.4, 0.5) is 0 Å². The Labute approximate surface area is 117 Å². The first-order valence-corrected chi connectivity index (χ1v) is 7.01. The summed E-state index contributed by atoms with van der Waals surface area (Å²) in [7, 11) is 0. The Hall–Kier alpha value is -2.04. The van der Waals surface area contributed by atoms with Crippen LogP contribution in [0.3, 0.4) is 0 Å². The van der Waals surface area contributed by atoms with Crippen LogP contribution in [-0.2, 0) is 11.2 Å². The average Bonchev–Trinajstić information content (AvgIpc) is 2.90. The fraction of sp³-hybridized carbons (Fsp3) is 0.467. The van der Waals surface area contributed by atoms with Crippen molar-refractivity contribution in [2.75, 3.05) is 0 Å². The van der Waals surface area contributed by atoms with Crippen LogP contribution >= 0.6 is 0 Å². The molecule has 0 spiro atoms. The third-order valence-corrected chi connectivity index (χ3v) is 3.71. The maximum Gasteiger partial charge on any atom is 0.227 e. The van der Waals surface area contributed by atoms with Crippen LogP contribution in [0.25, 0.3) is 11.5 Å². The van der Waals surface area contributed by atoms with Crippen molar-refractivity contribution in [2.24, 2.45) is 5.92 Å². The Morgan fingerprint density at radius 3 is 3.10 bits per heavy atom. The average molecular weight is 271 g/mol. The summed E-state index contributed by atoms with van der Waals surface area (Å²) < 4.78 is 5.26. The highest BCUT2D eigenvalue weighted by Gasteiger charge is 2.24. The zero-order valence-electron chi connectivity index (χ0n) is 11.5. The third kappa shape index (κ3) is 2.76. The zero-order valence-corrected chi connectivity index (χ0v) is 11.5. The molecule has 3 rings (SSSR count). The number of hydrogen-bond donors (Lipinski definition) is 0. The van der Waals surface area contributed by atoms with Crippen LogP contribution in [0.2, 0.25) is 0 Å². The van der Waals surface area contributed by atoms with Gasteiger partial charge in [-0.3, -0.25) is 9.78 Å². The van der Waals surface area contributed by atoms with Gasteiger partial charge in [-0.2, -0.15) is 4.98 Å². The summed E-state index contributed by atoms with van der Waals surface area (Å²) in [5.74, 6) is 1.39. The van der Waals surface area contributed by atoms with E-state index in [4.69, 9.17) is 4.52 Å². The number of ketones is 1. The largest absolute Gasteiger partial charge is 0.339 e. The van der Waals surface area contributed by atoms with Crippen molar-refractivity contribution in [3.8, 4) is 11.5 Å². The predicted octanol–water partition coefficient (Wildman–Crippen LogP) is 2.74. The van der Waals surface area contributed by atoms with Crippen molar-refractivity contribution < 1.29 is 9.32 Å². The molecule has 5 heteroatoms. The number of aromatic nitrogens is 3. The van der Waals surface area contributed by atoms with E-state index in [0.717, 1.165) is 24.8 Å². The number of Topliss-reactive ketones (excluding diaryl/α,β-unsaturated/α-hetero) is 1. The van der Waals surface area contributed by atoms with E-state index in [1.807, 2.05) is 19.1 Å². The molecule has 1 aliphatic rings. The Morgan fingerprint density at radius 2 is 2.30 bits per heavy atom. The minimum atomic E-state index is 0.0440. The molecule has 0 aliphatic heterocycles. The molecule has 2 aromatic heterocycles. The maximum absolute atomic E-state index is 11.8. The number of carbonyl (C=O) groups is 1. The maximum atomic E-state index is 11.8. The summed E-state index contributed by atoms with van der Waals surface area (Å²) in [6.07, 6.45) is 6.02. The molecular formula is C15H17N3O2. The van der Waals surface area contributed by atoms with Crippen LogP contribution in [0.15, 0.2) is 22.9 Å². The lowest BCUT2D eigenvalue weighted by Gasteiger charge is -2.18. The first kappa shape index (κ1) is 13.0. The molecule has 0 bridgehead atoms. The van der Waals surface area contributed by atoms with Gasteiger partial charge in [0.05, 0.1) is 0 Å². The van der Waals surface area contributed by atoms with Crippen LogP contribution in [-0.4, -0.2) is 20.9 Å². The molecule has 0 radical (unpaired) electrons. The van der Waals surface area contributed by atoms with Gasteiger partial charge in [0.15, 0.2) is 0 Å². The molecule has 1 saturated carbocycles. The lowest BCUT2D eigenvalue weighted by Crippen LogP contribution is -2.21. The van der Waals surface area contributed by atoms with Crippen molar-refractivity contribution in [3.63, 3.8) is 0 Å². The van der Waals surface area contributed by atoms with Gasteiger partial charge in [0.2, 0.25) is 11.7 Å².